The molecule has 0 saturated heterocycles. The second-order valence-electron chi connectivity index (χ2n) is 8.77. The van der Waals surface area contributed by atoms with Gasteiger partial charge in [-0.3, -0.25) is 4.79 Å². The van der Waals surface area contributed by atoms with Crippen molar-refractivity contribution < 1.29 is 22.7 Å². The minimum absolute atomic E-state index is 0.0289. The number of aryl methyl sites for hydroxylation is 2. The van der Waals surface area contributed by atoms with Gasteiger partial charge < -0.3 is 15.4 Å². The van der Waals surface area contributed by atoms with Crippen LogP contribution in [0.1, 0.15) is 30.5 Å². The molecule has 5 rings (SSSR count). The van der Waals surface area contributed by atoms with Crippen LogP contribution in [0.4, 0.5) is 24.7 Å². The molecular formula is C26H25F3N6O2. The van der Waals surface area contributed by atoms with Crippen molar-refractivity contribution in [3.05, 3.63) is 59.4 Å². The minimum atomic E-state index is -4.80. The average Bonchev–Trinajstić information content (AvgIpc) is 3.45. The van der Waals surface area contributed by atoms with Gasteiger partial charge in [-0.05, 0) is 60.7 Å². The van der Waals surface area contributed by atoms with Crippen LogP contribution in [0.5, 0.6) is 5.75 Å². The SMILES string of the molecule is CCc1ccc(OC(F)(F)F)cc1CC(=O)N1CCc2cc(-c3nn(CC)c4ncnc(N)c34)ccc21. The fraction of sp³-hybridized carbons (Fsp3) is 0.308. The third-order valence-electron chi connectivity index (χ3n) is 6.54. The van der Waals surface area contributed by atoms with E-state index in [-0.39, 0.29) is 18.1 Å². The maximum atomic E-state index is 13.3. The van der Waals surface area contributed by atoms with Crippen LogP contribution in [0, 0.1) is 0 Å². The molecule has 0 saturated carbocycles. The summed E-state index contributed by atoms with van der Waals surface area (Å²) >= 11 is 0. The van der Waals surface area contributed by atoms with Crippen molar-refractivity contribution in [2.75, 3.05) is 17.2 Å². The van der Waals surface area contributed by atoms with E-state index in [1.165, 1.54) is 18.5 Å². The number of hydrogen-bond acceptors (Lipinski definition) is 6. The van der Waals surface area contributed by atoms with Gasteiger partial charge in [-0.2, -0.15) is 5.10 Å². The highest BCUT2D eigenvalue weighted by molar-refractivity contribution is 6.00. The summed E-state index contributed by atoms with van der Waals surface area (Å²) < 4.78 is 43.9. The first-order valence-corrected chi connectivity index (χ1v) is 12.0. The fourth-order valence-electron chi connectivity index (χ4n) is 4.83. The van der Waals surface area contributed by atoms with Crippen LogP contribution in [0.2, 0.25) is 0 Å². The number of ether oxygens (including phenoxy) is 1. The lowest BCUT2D eigenvalue weighted by molar-refractivity contribution is -0.274. The number of hydrogen-bond donors (Lipinski definition) is 1. The molecule has 0 unspecified atom stereocenters. The molecule has 0 aliphatic carbocycles. The van der Waals surface area contributed by atoms with E-state index in [4.69, 9.17) is 5.73 Å². The number of rotatable bonds is 6. The largest absolute Gasteiger partial charge is 0.573 e. The molecule has 1 aliphatic rings. The zero-order chi connectivity index (χ0) is 26.3. The molecule has 1 aliphatic heterocycles. The van der Waals surface area contributed by atoms with Crippen molar-refractivity contribution in [1.29, 1.82) is 0 Å². The Balaban J connectivity index is 1.43. The van der Waals surface area contributed by atoms with Crippen LogP contribution < -0.4 is 15.4 Å². The third kappa shape index (κ3) is 4.68. The molecule has 8 nitrogen and oxygen atoms in total. The summed E-state index contributed by atoms with van der Waals surface area (Å²) in [5, 5.41) is 5.37. The molecule has 37 heavy (non-hydrogen) atoms. The molecule has 0 bridgehead atoms. The molecule has 4 aromatic rings. The van der Waals surface area contributed by atoms with Gasteiger partial charge in [-0.25, -0.2) is 14.6 Å². The summed E-state index contributed by atoms with van der Waals surface area (Å²) in [7, 11) is 0. The number of nitrogen functional groups attached to an aromatic ring is 1. The predicted octanol–water partition coefficient (Wildman–Crippen LogP) is 4.69. The molecule has 0 spiro atoms. The zero-order valence-electron chi connectivity index (χ0n) is 20.3. The van der Waals surface area contributed by atoms with Crippen LogP contribution in [-0.4, -0.2) is 38.6 Å². The van der Waals surface area contributed by atoms with E-state index in [1.807, 2.05) is 32.0 Å². The quantitative estimate of drug-likeness (QED) is 0.404. The Morgan fingerprint density at radius 1 is 1.11 bits per heavy atom. The Hall–Kier alpha value is -4.15. The number of nitrogens with two attached hydrogens (primary N) is 1. The molecule has 2 aromatic heterocycles. The van der Waals surface area contributed by atoms with E-state index in [1.54, 1.807) is 15.6 Å². The van der Waals surface area contributed by atoms with Crippen molar-refractivity contribution in [2.24, 2.45) is 0 Å². The number of nitrogens with zero attached hydrogens (tertiary/aromatic N) is 5. The molecular weight excluding hydrogens is 485 g/mol. The highest BCUT2D eigenvalue weighted by atomic mass is 19.4. The Bertz CT molecular complexity index is 1500. The lowest BCUT2D eigenvalue weighted by atomic mass is 10.0. The maximum Gasteiger partial charge on any atom is 0.573 e. The van der Waals surface area contributed by atoms with Gasteiger partial charge in [-0.1, -0.05) is 19.1 Å². The van der Waals surface area contributed by atoms with Crippen molar-refractivity contribution in [1.82, 2.24) is 19.7 Å². The van der Waals surface area contributed by atoms with Crippen LogP contribution in [-0.2, 0) is 30.6 Å². The Morgan fingerprint density at radius 3 is 2.65 bits per heavy atom. The summed E-state index contributed by atoms with van der Waals surface area (Å²) in [4.78, 5) is 23.4. The normalized spacial score (nSPS) is 13.3. The minimum Gasteiger partial charge on any atom is -0.406 e. The van der Waals surface area contributed by atoms with Crippen LogP contribution >= 0.6 is 0 Å². The number of fused-ring (bicyclic) bond motifs is 2. The van der Waals surface area contributed by atoms with Crippen LogP contribution in [0.15, 0.2) is 42.7 Å². The molecule has 0 radical (unpaired) electrons. The molecule has 1 amide bonds. The molecule has 2 N–H and O–H groups in total. The fourth-order valence-corrected chi connectivity index (χ4v) is 4.83. The Morgan fingerprint density at radius 2 is 1.92 bits per heavy atom. The number of benzene rings is 2. The van der Waals surface area contributed by atoms with E-state index in [0.29, 0.717) is 54.0 Å². The number of alkyl halides is 3. The summed E-state index contributed by atoms with van der Waals surface area (Å²) in [6.07, 6.45) is -2.18. The first kappa shape index (κ1) is 24.5. The van der Waals surface area contributed by atoms with Gasteiger partial charge in [0, 0.05) is 24.3 Å². The average molecular weight is 511 g/mol. The number of anilines is 2. The highest BCUT2D eigenvalue weighted by Gasteiger charge is 2.32. The number of halogens is 3. The molecule has 192 valence electrons. The standard InChI is InChI=1S/C26H25F3N6O2/c1-3-15-5-7-19(37-26(27,28)29)12-18(15)13-21(36)34-10-9-16-11-17(6-8-20(16)34)23-22-24(30)31-14-32-25(22)35(4-2)33-23/h5-8,11-12,14H,3-4,9-10,13H2,1-2H3,(H2,30,31,32). The van der Waals surface area contributed by atoms with Crippen LogP contribution in [0.3, 0.4) is 0 Å². The smallest absolute Gasteiger partial charge is 0.406 e. The Kier molecular flexibility index (Phi) is 6.22. The first-order chi connectivity index (χ1) is 17.7. The van der Waals surface area contributed by atoms with E-state index in [9.17, 15) is 18.0 Å². The summed E-state index contributed by atoms with van der Waals surface area (Å²) in [5.74, 6) is -0.176. The van der Waals surface area contributed by atoms with Gasteiger partial charge in [0.15, 0.2) is 5.65 Å². The molecule has 2 aromatic carbocycles. The van der Waals surface area contributed by atoms with Gasteiger partial charge in [-0.15, -0.1) is 13.2 Å². The second-order valence-corrected chi connectivity index (χ2v) is 8.77. The van der Waals surface area contributed by atoms with E-state index in [0.717, 1.165) is 22.4 Å². The molecule has 0 atom stereocenters. The number of aromatic nitrogens is 4. The van der Waals surface area contributed by atoms with Gasteiger partial charge in [0.25, 0.3) is 0 Å². The van der Waals surface area contributed by atoms with Crippen molar-refractivity contribution in [3.8, 4) is 17.0 Å². The highest BCUT2D eigenvalue weighted by Crippen LogP contribution is 2.36. The van der Waals surface area contributed by atoms with Gasteiger partial charge in [0.1, 0.15) is 23.6 Å². The van der Waals surface area contributed by atoms with Gasteiger partial charge >= 0.3 is 6.36 Å². The zero-order valence-corrected chi connectivity index (χ0v) is 20.3. The topological polar surface area (TPSA) is 99.2 Å². The van der Waals surface area contributed by atoms with E-state index >= 15 is 0 Å². The van der Waals surface area contributed by atoms with Crippen molar-refractivity contribution in [3.63, 3.8) is 0 Å². The summed E-state index contributed by atoms with van der Waals surface area (Å²) in [6, 6.07) is 9.89. The monoisotopic (exact) mass is 510 g/mol. The Labute approximate surface area is 210 Å². The van der Waals surface area contributed by atoms with Crippen molar-refractivity contribution >= 4 is 28.4 Å². The lowest BCUT2D eigenvalue weighted by Gasteiger charge is -2.19. The summed E-state index contributed by atoms with van der Waals surface area (Å²) in [5.41, 5.74) is 11.4. The van der Waals surface area contributed by atoms with Gasteiger partial charge in [0.2, 0.25) is 5.91 Å². The van der Waals surface area contributed by atoms with Crippen LogP contribution in [0.25, 0.3) is 22.3 Å². The lowest BCUT2D eigenvalue weighted by Crippen LogP contribution is -2.30. The third-order valence-corrected chi connectivity index (χ3v) is 6.54. The number of carbonyl (C=O) groups excluding carboxylic acids is 1. The molecule has 3 heterocycles. The molecule has 0 fully saturated rings. The second kappa shape index (κ2) is 9.38. The van der Waals surface area contributed by atoms with E-state index in [2.05, 4.69) is 19.8 Å². The maximum absolute atomic E-state index is 13.3. The van der Waals surface area contributed by atoms with E-state index < -0.39 is 6.36 Å². The first-order valence-electron chi connectivity index (χ1n) is 12.0. The number of amides is 1. The van der Waals surface area contributed by atoms with Crippen molar-refractivity contribution in [2.45, 2.75) is 46.0 Å². The predicted molar refractivity (Wildman–Crippen MR) is 133 cm³/mol. The van der Waals surface area contributed by atoms with Gasteiger partial charge in [0.05, 0.1) is 11.8 Å². The number of carbonyl (C=O) groups is 1. The molecule has 11 heteroatoms. The summed E-state index contributed by atoms with van der Waals surface area (Å²) in [6.45, 7) is 4.96.